The van der Waals surface area contributed by atoms with Gasteiger partial charge in [0, 0.05) is 17.7 Å². The van der Waals surface area contributed by atoms with Crippen molar-refractivity contribution in [3.63, 3.8) is 0 Å². The number of halogens is 1. The van der Waals surface area contributed by atoms with Crippen LogP contribution in [0.1, 0.15) is 18.4 Å². The standard InChI is InChI=1S/C18H14FN7O3/c19-10-2-1-3-12(7-10)29-18-23-14-9(6-13-15(27)24-17(28)22-13)8-20-26(14)16(25-18)21-11-4-5-11/h1-3,6-8,11H,4-5H2,(H,21,23,25)(H2,22,24,27,28)/b13-6-. The topological polar surface area (TPSA) is 123 Å². The molecule has 3 amide bonds. The molecular weight excluding hydrogens is 381 g/mol. The Morgan fingerprint density at radius 3 is 2.83 bits per heavy atom. The van der Waals surface area contributed by atoms with Gasteiger partial charge in [-0.1, -0.05) is 6.07 Å². The van der Waals surface area contributed by atoms with Crippen molar-refractivity contribution < 1.29 is 18.7 Å². The highest BCUT2D eigenvalue weighted by molar-refractivity contribution is 6.14. The van der Waals surface area contributed by atoms with E-state index in [9.17, 15) is 14.0 Å². The largest absolute Gasteiger partial charge is 0.424 e. The first-order valence-corrected chi connectivity index (χ1v) is 8.85. The van der Waals surface area contributed by atoms with Crippen molar-refractivity contribution in [2.75, 3.05) is 5.32 Å². The van der Waals surface area contributed by atoms with Gasteiger partial charge in [-0.2, -0.15) is 19.6 Å². The van der Waals surface area contributed by atoms with Crippen molar-refractivity contribution in [2.24, 2.45) is 0 Å². The summed E-state index contributed by atoms with van der Waals surface area (Å²) in [5.74, 6) is -0.337. The third-order valence-electron chi connectivity index (χ3n) is 4.31. The molecule has 2 aromatic heterocycles. The normalized spacial score (nSPS) is 17.5. The lowest BCUT2D eigenvalue weighted by molar-refractivity contribution is -0.115. The van der Waals surface area contributed by atoms with Gasteiger partial charge in [0.2, 0.25) is 5.95 Å². The van der Waals surface area contributed by atoms with Gasteiger partial charge in [-0.3, -0.25) is 10.1 Å². The molecule has 146 valence electrons. The summed E-state index contributed by atoms with van der Waals surface area (Å²) in [5, 5.41) is 12.1. The van der Waals surface area contributed by atoms with Crippen LogP contribution in [0.3, 0.4) is 0 Å². The number of amides is 3. The first-order valence-electron chi connectivity index (χ1n) is 8.85. The number of ether oxygens (including phenoxy) is 1. The van der Waals surface area contributed by atoms with Gasteiger partial charge < -0.3 is 15.4 Å². The van der Waals surface area contributed by atoms with Crippen LogP contribution in [0.15, 0.2) is 36.2 Å². The zero-order valence-electron chi connectivity index (χ0n) is 14.8. The van der Waals surface area contributed by atoms with Gasteiger partial charge in [0.15, 0.2) is 5.65 Å². The molecule has 3 aromatic rings. The fourth-order valence-corrected chi connectivity index (χ4v) is 2.80. The van der Waals surface area contributed by atoms with Gasteiger partial charge in [-0.25, -0.2) is 9.18 Å². The zero-order chi connectivity index (χ0) is 20.0. The molecule has 3 N–H and O–H groups in total. The van der Waals surface area contributed by atoms with Crippen molar-refractivity contribution in [2.45, 2.75) is 18.9 Å². The van der Waals surface area contributed by atoms with Crippen molar-refractivity contribution in [3.8, 4) is 11.8 Å². The summed E-state index contributed by atoms with van der Waals surface area (Å²) >= 11 is 0. The molecule has 0 radical (unpaired) electrons. The van der Waals surface area contributed by atoms with Crippen LogP contribution in [0.25, 0.3) is 11.7 Å². The van der Waals surface area contributed by atoms with Crippen LogP contribution in [0, 0.1) is 5.82 Å². The lowest BCUT2D eigenvalue weighted by Crippen LogP contribution is -2.22. The molecule has 0 bridgehead atoms. The van der Waals surface area contributed by atoms with Gasteiger partial charge in [0.1, 0.15) is 17.3 Å². The molecule has 3 heterocycles. The van der Waals surface area contributed by atoms with Crippen LogP contribution in [-0.4, -0.2) is 37.6 Å². The average molecular weight is 395 g/mol. The Morgan fingerprint density at radius 1 is 1.24 bits per heavy atom. The number of nitrogens with zero attached hydrogens (tertiary/aromatic N) is 4. The van der Waals surface area contributed by atoms with E-state index in [0.29, 0.717) is 17.2 Å². The highest BCUT2D eigenvalue weighted by Crippen LogP contribution is 2.27. The maximum Gasteiger partial charge on any atom is 0.327 e. The quantitative estimate of drug-likeness (QED) is 0.445. The van der Waals surface area contributed by atoms with Gasteiger partial charge >= 0.3 is 12.0 Å². The second-order valence-electron chi connectivity index (χ2n) is 6.61. The van der Waals surface area contributed by atoms with E-state index in [0.717, 1.165) is 12.8 Å². The number of imide groups is 1. The van der Waals surface area contributed by atoms with E-state index in [1.807, 2.05) is 0 Å². The minimum absolute atomic E-state index is 0.00805. The van der Waals surface area contributed by atoms with E-state index in [2.05, 4.69) is 31.0 Å². The molecule has 1 aliphatic carbocycles. The number of urea groups is 1. The number of benzene rings is 1. The molecule has 2 fully saturated rings. The third-order valence-corrected chi connectivity index (χ3v) is 4.31. The van der Waals surface area contributed by atoms with Crippen LogP contribution in [0.2, 0.25) is 0 Å². The summed E-state index contributed by atoms with van der Waals surface area (Å²) < 4.78 is 20.6. The molecule has 0 atom stereocenters. The molecular formula is C18H14FN7O3. The number of carbonyl (C=O) groups is 2. The Balaban J connectivity index is 1.57. The van der Waals surface area contributed by atoms with Crippen LogP contribution in [0.4, 0.5) is 15.1 Å². The second kappa shape index (κ2) is 6.55. The maximum atomic E-state index is 13.5. The average Bonchev–Trinajstić information content (AvgIpc) is 3.31. The molecule has 1 aliphatic heterocycles. The molecule has 1 saturated carbocycles. The summed E-state index contributed by atoms with van der Waals surface area (Å²) in [6.07, 6.45) is 4.98. The van der Waals surface area contributed by atoms with Crippen molar-refractivity contribution in [1.29, 1.82) is 0 Å². The number of hydrogen-bond donors (Lipinski definition) is 3. The second-order valence-corrected chi connectivity index (χ2v) is 6.61. The van der Waals surface area contributed by atoms with Crippen molar-refractivity contribution >= 4 is 29.6 Å². The first kappa shape index (κ1) is 17.1. The lowest BCUT2D eigenvalue weighted by atomic mass is 10.2. The fraction of sp³-hybridized carbons (Fsp3) is 0.167. The first-order chi connectivity index (χ1) is 14.0. The maximum absolute atomic E-state index is 13.5. The van der Waals surface area contributed by atoms with E-state index >= 15 is 0 Å². The monoisotopic (exact) mass is 395 g/mol. The van der Waals surface area contributed by atoms with Crippen molar-refractivity contribution in [3.05, 3.63) is 47.5 Å². The van der Waals surface area contributed by atoms with Gasteiger partial charge in [-0.15, -0.1) is 0 Å². The van der Waals surface area contributed by atoms with Crippen LogP contribution >= 0.6 is 0 Å². The van der Waals surface area contributed by atoms with Crippen LogP contribution in [0.5, 0.6) is 11.8 Å². The Morgan fingerprint density at radius 2 is 2.10 bits per heavy atom. The van der Waals surface area contributed by atoms with Gasteiger partial charge in [0.25, 0.3) is 5.91 Å². The molecule has 10 nitrogen and oxygen atoms in total. The summed E-state index contributed by atoms with van der Waals surface area (Å²) in [6, 6.07) is 5.30. The predicted molar refractivity (Wildman–Crippen MR) is 98.6 cm³/mol. The molecule has 2 aliphatic rings. The number of aromatic nitrogens is 4. The fourth-order valence-electron chi connectivity index (χ4n) is 2.80. The highest BCUT2D eigenvalue weighted by Gasteiger charge is 2.26. The molecule has 0 spiro atoms. The molecule has 5 rings (SSSR count). The SMILES string of the molecule is O=C1NC(=O)/C(=C/c2cnn3c(NC4CC4)nc(Oc4cccc(F)c4)nc23)N1. The summed E-state index contributed by atoms with van der Waals surface area (Å²) in [5.41, 5.74) is 0.909. The van der Waals surface area contributed by atoms with E-state index < -0.39 is 17.8 Å². The number of carbonyl (C=O) groups excluding carboxylic acids is 2. The van der Waals surface area contributed by atoms with E-state index in [-0.39, 0.29) is 23.5 Å². The van der Waals surface area contributed by atoms with Gasteiger partial charge in [0.05, 0.1) is 6.20 Å². The minimum Gasteiger partial charge on any atom is -0.424 e. The Labute approximate surface area is 162 Å². The summed E-state index contributed by atoms with van der Waals surface area (Å²) in [6.45, 7) is 0. The van der Waals surface area contributed by atoms with Crippen LogP contribution < -0.4 is 20.7 Å². The van der Waals surface area contributed by atoms with E-state index in [4.69, 9.17) is 4.74 Å². The van der Waals surface area contributed by atoms with Gasteiger partial charge in [-0.05, 0) is 31.1 Å². The molecule has 1 aromatic carbocycles. The number of rotatable bonds is 5. The Hall–Kier alpha value is -4.02. The van der Waals surface area contributed by atoms with Crippen molar-refractivity contribution in [1.82, 2.24) is 30.2 Å². The van der Waals surface area contributed by atoms with E-state index in [1.54, 1.807) is 6.07 Å². The number of nitrogens with one attached hydrogen (secondary N) is 3. The number of hydrogen-bond acceptors (Lipinski definition) is 7. The van der Waals surface area contributed by atoms with E-state index in [1.165, 1.54) is 35.0 Å². The summed E-state index contributed by atoms with van der Waals surface area (Å²) in [7, 11) is 0. The number of anilines is 1. The van der Waals surface area contributed by atoms with Crippen LogP contribution in [-0.2, 0) is 4.79 Å². The smallest absolute Gasteiger partial charge is 0.327 e. The summed E-state index contributed by atoms with van der Waals surface area (Å²) in [4.78, 5) is 31.8. The molecule has 0 unspecified atom stereocenters. The molecule has 29 heavy (non-hydrogen) atoms. The minimum atomic E-state index is -0.599. The lowest BCUT2D eigenvalue weighted by Gasteiger charge is -2.09. The Kier molecular flexibility index (Phi) is 3.86. The predicted octanol–water partition coefficient (Wildman–Crippen LogP) is 1.81. The molecule has 1 saturated heterocycles. The highest BCUT2D eigenvalue weighted by atomic mass is 19.1. The third kappa shape index (κ3) is 3.45. The zero-order valence-corrected chi connectivity index (χ0v) is 14.8. The number of fused-ring (bicyclic) bond motifs is 1. The molecule has 11 heteroatoms. The Bertz CT molecular complexity index is 1190.